The molecule has 0 aromatic carbocycles. The molecule has 22 heavy (non-hydrogen) atoms. The summed E-state index contributed by atoms with van der Waals surface area (Å²) < 4.78 is 12.1. The van der Waals surface area contributed by atoms with Crippen molar-refractivity contribution >= 4 is 18.4 Å². The van der Waals surface area contributed by atoms with E-state index in [4.69, 9.17) is 9.31 Å². The van der Waals surface area contributed by atoms with Crippen molar-refractivity contribution in [3.05, 3.63) is 18.3 Å². The smallest absolute Gasteiger partial charge is 0.399 e. The van der Waals surface area contributed by atoms with E-state index >= 15 is 0 Å². The van der Waals surface area contributed by atoms with E-state index in [0.717, 1.165) is 30.8 Å². The highest BCUT2D eigenvalue weighted by molar-refractivity contribution is 6.62. The van der Waals surface area contributed by atoms with Crippen molar-refractivity contribution in [1.29, 1.82) is 0 Å². The predicted octanol–water partition coefficient (Wildman–Crippen LogP) is 1.74. The van der Waals surface area contributed by atoms with E-state index in [2.05, 4.69) is 57.0 Å². The molecule has 0 amide bonds. The minimum Gasteiger partial charge on any atom is -0.399 e. The van der Waals surface area contributed by atoms with Gasteiger partial charge in [0.1, 0.15) is 5.82 Å². The lowest BCUT2D eigenvalue weighted by Gasteiger charge is -2.32. The fourth-order valence-corrected chi connectivity index (χ4v) is 2.24. The van der Waals surface area contributed by atoms with Crippen LogP contribution in [0.3, 0.4) is 0 Å². The zero-order valence-electron chi connectivity index (χ0n) is 14.6. The molecule has 0 radical (unpaired) electrons. The Morgan fingerprint density at radius 3 is 2.27 bits per heavy atom. The largest absolute Gasteiger partial charge is 0.496 e. The van der Waals surface area contributed by atoms with Gasteiger partial charge in [-0.2, -0.15) is 0 Å². The number of hydrogen-bond donors (Lipinski definition) is 1. The average molecular weight is 305 g/mol. The molecule has 0 bridgehead atoms. The van der Waals surface area contributed by atoms with Crippen LogP contribution in [0.2, 0.25) is 0 Å². The summed E-state index contributed by atoms with van der Waals surface area (Å²) in [4.78, 5) is 6.63. The molecule has 6 heteroatoms. The summed E-state index contributed by atoms with van der Waals surface area (Å²) in [5, 5.41) is 3.33. The van der Waals surface area contributed by atoms with Gasteiger partial charge in [-0.25, -0.2) is 4.98 Å². The first-order chi connectivity index (χ1) is 10.2. The first-order valence-electron chi connectivity index (χ1n) is 7.91. The third kappa shape index (κ3) is 4.00. The van der Waals surface area contributed by atoms with Gasteiger partial charge < -0.3 is 19.5 Å². The predicted molar refractivity (Wildman–Crippen MR) is 91.6 cm³/mol. The topological polar surface area (TPSA) is 46.6 Å². The van der Waals surface area contributed by atoms with Gasteiger partial charge in [-0.05, 0) is 60.8 Å². The van der Waals surface area contributed by atoms with Gasteiger partial charge in [0.05, 0.1) is 11.2 Å². The van der Waals surface area contributed by atoms with Gasteiger partial charge in [-0.15, -0.1) is 0 Å². The Labute approximate surface area is 134 Å². The van der Waals surface area contributed by atoms with E-state index < -0.39 is 0 Å². The molecule has 0 saturated carbocycles. The van der Waals surface area contributed by atoms with Crippen LogP contribution in [0, 0.1) is 0 Å². The lowest BCUT2D eigenvalue weighted by molar-refractivity contribution is 0.00578. The molecule has 0 aliphatic carbocycles. The molecule has 1 aliphatic heterocycles. The standard InChI is InChI=1S/C16H28BN3O2/c1-15(2)16(3,4)22-17(21-15)13-8-9-14(19-12-13)18-10-7-11-20(5)6/h8-9,12H,7,10-11H2,1-6H3,(H,18,19). The highest BCUT2D eigenvalue weighted by Crippen LogP contribution is 2.36. The Bertz CT molecular complexity index is 473. The van der Waals surface area contributed by atoms with Crippen molar-refractivity contribution in [2.24, 2.45) is 0 Å². The summed E-state index contributed by atoms with van der Waals surface area (Å²) in [7, 11) is 3.82. The maximum atomic E-state index is 6.03. The molecule has 1 fully saturated rings. The van der Waals surface area contributed by atoms with Crippen molar-refractivity contribution in [2.45, 2.75) is 45.3 Å². The molecule has 1 aromatic heterocycles. The molecule has 5 nitrogen and oxygen atoms in total. The van der Waals surface area contributed by atoms with Crippen molar-refractivity contribution in [3.63, 3.8) is 0 Å². The Morgan fingerprint density at radius 2 is 1.77 bits per heavy atom. The van der Waals surface area contributed by atoms with Crippen molar-refractivity contribution in [3.8, 4) is 0 Å². The van der Waals surface area contributed by atoms with Crippen molar-refractivity contribution in [1.82, 2.24) is 9.88 Å². The normalized spacial score (nSPS) is 19.7. The first-order valence-corrected chi connectivity index (χ1v) is 7.91. The minimum absolute atomic E-state index is 0.319. The third-order valence-corrected chi connectivity index (χ3v) is 4.40. The maximum Gasteiger partial charge on any atom is 0.496 e. The van der Waals surface area contributed by atoms with E-state index in [1.165, 1.54) is 0 Å². The molecule has 0 atom stereocenters. The summed E-state index contributed by atoms with van der Waals surface area (Å²) in [6.45, 7) is 10.2. The Balaban J connectivity index is 1.90. The van der Waals surface area contributed by atoms with E-state index in [1.807, 2.05) is 18.3 Å². The Morgan fingerprint density at radius 1 is 1.14 bits per heavy atom. The van der Waals surface area contributed by atoms with Crippen LogP contribution in [0.1, 0.15) is 34.1 Å². The lowest BCUT2D eigenvalue weighted by Crippen LogP contribution is -2.41. The SMILES string of the molecule is CN(C)CCCNc1ccc(B2OC(C)(C)C(C)(C)O2)cn1. The molecule has 1 aromatic rings. The Kier molecular flexibility index (Phi) is 5.15. The molecule has 2 heterocycles. The number of aromatic nitrogens is 1. The second-order valence-electron chi connectivity index (χ2n) is 7.15. The first kappa shape index (κ1) is 17.3. The average Bonchev–Trinajstić information content (AvgIpc) is 2.64. The van der Waals surface area contributed by atoms with Gasteiger partial charge in [-0.1, -0.05) is 6.07 Å². The van der Waals surface area contributed by atoms with Gasteiger partial charge >= 0.3 is 7.12 Å². The molecule has 122 valence electrons. The van der Waals surface area contributed by atoms with E-state index in [-0.39, 0.29) is 18.3 Å². The number of nitrogens with one attached hydrogen (secondary N) is 1. The summed E-state index contributed by atoms with van der Waals surface area (Å²) in [5.41, 5.74) is 0.319. The number of pyridine rings is 1. The monoisotopic (exact) mass is 305 g/mol. The van der Waals surface area contributed by atoms with Crippen LogP contribution in [-0.2, 0) is 9.31 Å². The van der Waals surface area contributed by atoms with Crippen LogP contribution in [0.5, 0.6) is 0 Å². The van der Waals surface area contributed by atoms with Crippen LogP contribution in [0.15, 0.2) is 18.3 Å². The van der Waals surface area contributed by atoms with Crippen LogP contribution < -0.4 is 10.8 Å². The van der Waals surface area contributed by atoms with Gasteiger partial charge in [0.2, 0.25) is 0 Å². The van der Waals surface area contributed by atoms with Crippen LogP contribution in [0.4, 0.5) is 5.82 Å². The van der Waals surface area contributed by atoms with Crippen LogP contribution in [0.25, 0.3) is 0 Å². The molecule has 1 saturated heterocycles. The van der Waals surface area contributed by atoms with Crippen molar-refractivity contribution < 1.29 is 9.31 Å². The quantitative estimate of drug-likeness (QED) is 0.641. The number of nitrogens with zero attached hydrogens (tertiary/aromatic N) is 2. The lowest BCUT2D eigenvalue weighted by atomic mass is 9.80. The zero-order valence-corrected chi connectivity index (χ0v) is 14.6. The van der Waals surface area contributed by atoms with Gasteiger partial charge in [0.15, 0.2) is 0 Å². The number of anilines is 1. The van der Waals surface area contributed by atoms with Crippen LogP contribution >= 0.6 is 0 Å². The zero-order chi connectivity index (χ0) is 16.4. The molecule has 1 aliphatic rings. The summed E-state index contributed by atoms with van der Waals surface area (Å²) in [6, 6.07) is 4.00. The maximum absolute atomic E-state index is 6.03. The van der Waals surface area contributed by atoms with E-state index in [9.17, 15) is 0 Å². The van der Waals surface area contributed by atoms with E-state index in [0.29, 0.717) is 0 Å². The van der Waals surface area contributed by atoms with E-state index in [1.54, 1.807) is 0 Å². The van der Waals surface area contributed by atoms with Gasteiger partial charge in [0.25, 0.3) is 0 Å². The van der Waals surface area contributed by atoms with Gasteiger partial charge in [0, 0.05) is 18.2 Å². The number of hydrogen-bond acceptors (Lipinski definition) is 5. The highest BCUT2D eigenvalue weighted by Gasteiger charge is 2.51. The molecule has 2 rings (SSSR count). The molecule has 0 unspecified atom stereocenters. The molecular weight excluding hydrogens is 277 g/mol. The second kappa shape index (κ2) is 6.56. The molecule has 1 N–H and O–H groups in total. The summed E-state index contributed by atoms with van der Waals surface area (Å²) >= 11 is 0. The molecular formula is C16H28BN3O2. The van der Waals surface area contributed by atoms with Gasteiger partial charge in [-0.3, -0.25) is 0 Å². The summed E-state index contributed by atoms with van der Waals surface area (Å²) in [6.07, 6.45) is 2.92. The van der Waals surface area contributed by atoms with Crippen LogP contribution in [-0.4, -0.2) is 55.4 Å². The second-order valence-corrected chi connectivity index (χ2v) is 7.15. The number of rotatable bonds is 6. The van der Waals surface area contributed by atoms with Crippen molar-refractivity contribution in [2.75, 3.05) is 32.5 Å². The molecule has 0 spiro atoms. The fraction of sp³-hybridized carbons (Fsp3) is 0.688. The highest BCUT2D eigenvalue weighted by atomic mass is 16.7. The third-order valence-electron chi connectivity index (χ3n) is 4.40. The Hall–Kier alpha value is -1.11. The fourth-order valence-electron chi connectivity index (χ4n) is 2.24. The minimum atomic E-state index is -0.347. The summed E-state index contributed by atoms with van der Waals surface area (Å²) in [5.74, 6) is 0.888.